The third kappa shape index (κ3) is 4.49. The molecule has 0 bridgehead atoms. The molecule has 0 saturated heterocycles. The maximum atomic E-state index is 6.03. The molecule has 2 heterocycles. The number of rotatable bonds is 6. The average molecular weight is 408 g/mol. The van der Waals surface area contributed by atoms with E-state index in [4.69, 9.17) is 26.7 Å². The minimum absolute atomic E-state index is 0.127. The minimum atomic E-state index is -0.221. The molecule has 4 rings (SSSR count). The van der Waals surface area contributed by atoms with Crippen molar-refractivity contribution >= 4 is 17.5 Å². The molecule has 0 amide bonds. The molecule has 1 aliphatic heterocycles. The van der Waals surface area contributed by atoms with Crippen LogP contribution in [0.3, 0.4) is 0 Å². The molecule has 0 spiro atoms. The standard InChI is InChI=1S/C23H25N3O2S/c1-2-24-15-18-16-25-22-21(28-23(29)27-19-11-7-4-8-12-19)14-13-20(26(18)22)17-9-5-3-6-10-17/h3-12,16,20-21,24H,2,13-15H2,1H3. The fourth-order valence-corrected chi connectivity index (χ4v) is 4.00. The predicted octanol–water partition coefficient (Wildman–Crippen LogP) is 4.80. The van der Waals surface area contributed by atoms with Gasteiger partial charge in [-0.25, -0.2) is 4.98 Å². The van der Waals surface area contributed by atoms with Crippen molar-refractivity contribution in [1.29, 1.82) is 0 Å². The molecule has 29 heavy (non-hydrogen) atoms. The van der Waals surface area contributed by atoms with Crippen LogP contribution in [0.25, 0.3) is 0 Å². The van der Waals surface area contributed by atoms with Gasteiger partial charge >= 0.3 is 5.24 Å². The zero-order chi connectivity index (χ0) is 20.1. The third-order valence-corrected chi connectivity index (χ3v) is 5.31. The number of imidazole rings is 1. The lowest BCUT2D eigenvalue weighted by molar-refractivity contribution is 0.114. The Morgan fingerprint density at radius 1 is 1.10 bits per heavy atom. The maximum Gasteiger partial charge on any atom is 0.358 e. The summed E-state index contributed by atoms with van der Waals surface area (Å²) in [5.74, 6) is 1.57. The topological polar surface area (TPSA) is 48.3 Å². The van der Waals surface area contributed by atoms with Gasteiger partial charge in [-0.1, -0.05) is 55.5 Å². The first-order valence-corrected chi connectivity index (χ1v) is 10.4. The van der Waals surface area contributed by atoms with Crippen molar-refractivity contribution in [1.82, 2.24) is 14.9 Å². The monoisotopic (exact) mass is 407 g/mol. The zero-order valence-corrected chi connectivity index (χ0v) is 17.3. The molecule has 0 fully saturated rings. The number of thiocarbonyl (C=S) groups is 1. The van der Waals surface area contributed by atoms with E-state index in [9.17, 15) is 0 Å². The van der Waals surface area contributed by atoms with Gasteiger partial charge < -0.3 is 19.4 Å². The first-order chi connectivity index (χ1) is 14.3. The second-order valence-electron chi connectivity index (χ2n) is 7.03. The highest BCUT2D eigenvalue weighted by atomic mass is 32.1. The largest absolute Gasteiger partial charge is 0.445 e. The van der Waals surface area contributed by atoms with Crippen LogP contribution in [0.1, 0.15) is 49.0 Å². The highest BCUT2D eigenvalue weighted by Crippen LogP contribution is 2.38. The highest BCUT2D eigenvalue weighted by Gasteiger charge is 2.33. The maximum absolute atomic E-state index is 6.03. The Morgan fingerprint density at radius 3 is 2.55 bits per heavy atom. The van der Waals surface area contributed by atoms with Crippen LogP contribution in [0.2, 0.25) is 0 Å². The van der Waals surface area contributed by atoms with Crippen LogP contribution in [0, 0.1) is 0 Å². The smallest absolute Gasteiger partial charge is 0.358 e. The number of aromatic nitrogens is 2. The molecule has 6 heteroatoms. The Bertz CT molecular complexity index is 943. The van der Waals surface area contributed by atoms with Crippen molar-refractivity contribution in [2.45, 2.75) is 38.5 Å². The lowest BCUT2D eigenvalue weighted by Gasteiger charge is -2.32. The molecule has 2 aromatic carbocycles. The summed E-state index contributed by atoms with van der Waals surface area (Å²) in [4.78, 5) is 4.71. The van der Waals surface area contributed by atoms with Crippen LogP contribution >= 0.6 is 12.2 Å². The third-order valence-electron chi connectivity index (χ3n) is 5.13. The Morgan fingerprint density at radius 2 is 1.83 bits per heavy atom. The van der Waals surface area contributed by atoms with Crippen molar-refractivity contribution < 1.29 is 9.47 Å². The second-order valence-corrected chi connectivity index (χ2v) is 7.37. The summed E-state index contributed by atoms with van der Waals surface area (Å²) in [6.45, 7) is 3.78. The number of nitrogens with zero attached hydrogens (tertiary/aromatic N) is 2. The first-order valence-electron chi connectivity index (χ1n) is 10.0. The molecular formula is C23H25N3O2S. The summed E-state index contributed by atoms with van der Waals surface area (Å²) in [5.41, 5.74) is 2.44. The molecule has 2 atom stereocenters. The van der Waals surface area contributed by atoms with Gasteiger partial charge in [-0.15, -0.1) is 0 Å². The van der Waals surface area contributed by atoms with Crippen LogP contribution < -0.4 is 10.1 Å². The first kappa shape index (κ1) is 19.6. The Hall–Kier alpha value is -2.70. The van der Waals surface area contributed by atoms with Gasteiger partial charge in [0.2, 0.25) is 0 Å². The van der Waals surface area contributed by atoms with Gasteiger partial charge in [0, 0.05) is 25.0 Å². The van der Waals surface area contributed by atoms with Gasteiger partial charge in [0.05, 0.1) is 11.7 Å². The number of para-hydroxylation sites is 1. The molecular weight excluding hydrogens is 382 g/mol. The van der Waals surface area contributed by atoms with Gasteiger partial charge in [-0.3, -0.25) is 0 Å². The molecule has 1 N–H and O–H groups in total. The van der Waals surface area contributed by atoms with Crippen LogP contribution in [0.15, 0.2) is 66.9 Å². The van der Waals surface area contributed by atoms with E-state index in [-0.39, 0.29) is 17.4 Å². The summed E-state index contributed by atoms with van der Waals surface area (Å²) in [7, 11) is 0. The van der Waals surface area contributed by atoms with Gasteiger partial charge in [-0.05, 0) is 37.1 Å². The summed E-state index contributed by atoms with van der Waals surface area (Å²) in [6.07, 6.45) is 3.50. The molecule has 0 radical (unpaired) electrons. The van der Waals surface area contributed by atoms with E-state index in [1.807, 2.05) is 42.6 Å². The van der Waals surface area contributed by atoms with Crippen molar-refractivity contribution in [3.05, 3.63) is 83.9 Å². The molecule has 1 aliphatic rings. The van der Waals surface area contributed by atoms with E-state index in [2.05, 4.69) is 41.1 Å². The Labute approximate surface area is 176 Å². The molecule has 2 unspecified atom stereocenters. The van der Waals surface area contributed by atoms with Crippen LogP contribution in [0.5, 0.6) is 5.75 Å². The summed E-state index contributed by atoms with van der Waals surface area (Å²) in [5, 5.41) is 3.54. The van der Waals surface area contributed by atoms with E-state index in [1.165, 1.54) is 5.56 Å². The predicted molar refractivity (Wildman–Crippen MR) is 117 cm³/mol. The summed E-state index contributed by atoms with van der Waals surface area (Å²) >= 11 is 5.35. The highest BCUT2D eigenvalue weighted by molar-refractivity contribution is 7.79. The van der Waals surface area contributed by atoms with Crippen molar-refractivity contribution in [3.63, 3.8) is 0 Å². The lowest BCUT2D eigenvalue weighted by atomic mass is 9.95. The van der Waals surface area contributed by atoms with Crippen LogP contribution in [-0.2, 0) is 11.3 Å². The Balaban J connectivity index is 1.57. The molecule has 1 aromatic heterocycles. The molecule has 3 aromatic rings. The zero-order valence-electron chi connectivity index (χ0n) is 16.5. The van der Waals surface area contributed by atoms with Gasteiger partial charge in [0.1, 0.15) is 5.75 Å². The van der Waals surface area contributed by atoms with Crippen molar-refractivity contribution in [2.75, 3.05) is 6.54 Å². The number of fused-ring (bicyclic) bond motifs is 1. The van der Waals surface area contributed by atoms with Crippen LogP contribution in [-0.4, -0.2) is 21.3 Å². The number of hydrogen-bond donors (Lipinski definition) is 1. The number of hydrogen-bond acceptors (Lipinski definition) is 5. The molecule has 0 saturated carbocycles. The van der Waals surface area contributed by atoms with Gasteiger partial charge in [0.15, 0.2) is 11.9 Å². The van der Waals surface area contributed by atoms with Crippen molar-refractivity contribution in [3.8, 4) is 5.75 Å². The normalized spacial score (nSPS) is 18.1. The fraction of sp³-hybridized carbons (Fsp3) is 0.304. The van der Waals surface area contributed by atoms with Crippen LogP contribution in [0.4, 0.5) is 0 Å². The van der Waals surface area contributed by atoms with E-state index < -0.39 is 0 Å². The molecule has 150 valence electrons. The number of benzene rings is 2. The van der Waals surface area contributed by atoms with E-state index in [1.54, 1.807) is 0 Å². The average Bonchev–Trinajstić information content (AvgIpc) is 3.18. The lowest BCUT2D eigenvalue weighted by Crippen LogP contribution is -2.28. The summed E-state index contributed by atoms with van der Waals surface area (Å²) < 4.78 is 14.0. The van der Waals surface area contributed by atoms with Gasteiger partial charge in [-0.2, -0.15) is 0 Å². The van der Waals surface area contributed by atoms with Crippen molar-refractivity contribution in [2.24, 2.45) is 0 Å². The van der Waals surface area contributed by atoms with E-state index in [0.29, 0.717) is 5.75 Å². The van der Waals surface area contributed by atoms with E-state index in [0.717, 1.165) is 37.4 Å². The fourth-order valence-electron chi connectivity index (χ4n) is 3.79. The SMILES string of the molecule is CCNCc1cnc2n1C(c1ccccc1)CCC2OC(=S)Oc1ccccc1. The summed E-state index contributed by atoms with van der Waals surface area (Å²) in [6, 6.07) is 20.3. The van der Waals surface area contributed by atoms with E-state index >= 15 is 0 Å². The van der Waals surface area contributed by atoms with Gasteiger partial charge in [0.25, 0.3) is 0 Å². The minimum Gasteiger partial charge on any atom is -0.445 e. The second kappa shape index (κ2) is 9.20. The molecule has 5 nitrogen and oxygen atoms in total. The quantitative estimate of drug-likeness (QED) is 0.595. The molecule has 0 aliphatic carbocycles. The Kier molecular flexibility index (Phi) is 6.22. The number of nitrogens with one attached hydrogen (secondary N) is 1. The number of ether oxygens (including phenoxy) is 2.